The molecule has 1 aliphatic heterocycles. The number of carbonyl (C=O) groups is 1. The van der Waals surface area contributed by atoms with Crippen LogP contribution >= 0.6 is 0 Å². The summed E-state index contributed by atoms with van der Waals surface area (Å²) >= 11 is 0. The maximum absolute atomic E-state index is 12.1. The van der Waals surface area contributed by atoms with E-state index in [0.717, 1.165) is 37.5 Å². The Labute approximate surface area is 120 Å². The molecule has 1 aromatic rings. The van der Waals surface area contributed by atoms with E-state index in [4.69, 9.17) is 0 Å². The van der Waals surface area contributed by atoms with Gasteiger partial charge in [-0.2, -0.15) is 0 Å². The second kappa shape index (κ2) is 5.81. The average molecular weight is 279 g/mol. The normalized spacial score (nSPS) is 14.2. The van der Waals surface area contributed by atoms with Gasteiger partial charge < -0.3 is 14.8 Å². The van der Waals surface area contributed by atoms with Gasteiger partial charge in [-0.15, -0.1) is 10.2 Å². The molecule has 0 aliphatic carbocycles. The summed E-state index contributed by atoms with van der Waals surface area (Å²) in [5, 5.41) is 11.3. The minimum Gasteiger partial charge on any atom is -0.337 e. The van der Waals surface area contributed by atoms with Crippen molar-refractivity contribution < 1.29 is 4.79 Å². The Balaban J connectivity index is 1.88. The first-order valence-corrected chi connectivity index (χ1v) is 7.33. The highest BCUT2D eigenvalue weighted by atomic mass is 16.2. The summed E-state index contributed by atoms with van der Waals surface area (Å²) in [4.78, 5) is 13.8. The maximum Gasteiger partial charge on any atom is 0.317 e. The van der Waals surface area contributed by atoms with E-state index in [2.05, 4.69) is 40.9 Å². The van der Waals surface area contributed by atoms with Crippen LogP contribution in [0.2, 0.25) is 0 Å². The summed E-state index contributed by atoms with van der Waals surface area (Å²) < 4.78 is 2.12. The third kappa shape index (κ3) is 3.29. The van der Waals surface area contributed by atoms with Crippen LogP contribution in [0.4, 0.5) is 4.79 Å². The van der Waals surface area contributed by atoms with Crippen LogP contribution in [0.1, 0.15) is 45.3 Å². The smallest absolute Gasteiger partial charge is 0.317 e. The molecule has 0 spiro atoms. The van der Waals surface area contributed by atoms with Crippen molar-refractivity contribution in [2.24, 2.45) is 5.41 Å². The quantitative estimate of drug-likeness (QED) is 0.894. The number of nitrogens with one attached hydrogen (secondary N) is 1. The van der Waals surface area contributed by atoms with Crippen molar-refractivity contribution in [1.29, 1.82) is 0 Å². The highest BCUT2D eigenvalue weighted by molar-refractivity contribution is 5.73. The molecule has 0 aromatic carbocycles. The molecule has 2 heterocycles. The summed E-state index contributed by atoms with van der Waals surface area (Å²) in [6, 6.07) is -0.0538. The van der Waals surface area contributed by atoms with Gasteiger partial charge in [0.05, 0.1) is 6.54 Å². The Kier molecular flexibility index (Phi) is 4.30. The molecule has 6 nitrogen and oxygen atoms in total. The minimum absolute atomic E-state index is 0.0538. The van der Waals surface area contributed by atoms with Crippen LogP contribution in [0.25, 0.3) is 0 Å². The maximum atomic E-state index is 12.1. The number of aromatic nitrogens is 3. The molecular weight excluding hydrogens is 254 g/mol. The molecule has 0 radical (unpaired) electrons. The van der Waals surface area contributed by atoms with E-state index in [1.54, 1.807) is 11.9 Å². The lowest BCUT2D eigenvalue weighted by Crippen LogP contribution is -2.41. The molecule has 0 unspecified atom stereocenters. The van der Waals surface area contributed by atoms with Gasteiger partial charge in [0.25, 0.3) is 0 Å². The van der Waals surface area contributed by atoms with E-state index >= 15 is 0 Å². The molecule has 112 valence electrons. The molecule has 6 heteroatoms. The molecule has 2 rings (SSSR count). The molecule has 0 bridgehead atoms. The highest BCUT2D eigenvalue weighted by Gasteiger charge is 2.21. The van der Waals surface area contributed by atoms with Gasteiger partial charge in [-0.25, -0.2) is 4.79 Å². The fourth-order valence-electron chi connectivity index (χ4n) is 2.19. The van der Waals surface area contributed by atoms with Gasteiger partial charge in [-0.05, 0) is 18.3 Å². The molecule has 0 saturated heterocycles. The Hall–Kier alpha value is -1.59. The lowest BCUT2D eigenvalue weighted by Gasteiger charge is -2.25. The van der Waals surface area contributed by atoms with Crippen molar-refractivity contribution in [2.75, 3.05) is 13.6 Å². The van der Waals surface area contributed by atoms with Crippen LogP contribution in [0.3, 0.4) is 0 Å². The lowest BCUT2D eigenvalue weighted by atomic mass is 9.90. The van der Waals surface area contributed by atoms with Gasteiger partial charge in [0.2, 0.25) is 0 Å². The van der Waals surface area contributed by atoms with Crippen LogP contribution in [0, 0.1) is 5.41 Å². The first-order valence-electron chi connectivity index (χ1n) is 7.33. The number of urea groups is 1. The average Bonchev–Trinajstić information content (AvgIpc) is 3.01. The predicted octanol–water partition coefficient (Wildman–Crippen LogP) is 1.80. The van der Waals surface area contributed by atoms with Crippen molar-refractivity contribution in [3.05, 3.63) is 11.6 Å². The summed E-state index contributed by atoms with van der Waals surface area (Å²) in [7, 11) is 1.80. The Bertz CT molecular complexity index is 480. The van der Waals surface area contributed by atoms with Crippen molar-refractivity contribution in [2.45, 2.75) is 53.1 Å². The molecule has 1 aliphatic rings. The SMILES string of the molecule is CCC(C)(C)CNC(=O)N(C)Cc1nnc2n1CCC2. The Morgan fingerprint density at radius 2 is 2.20 bits per heavy atom. The molecule has 2 amide bonds. The van der Waals surface area contributed by atoms with E-state index < -0.39 is 0 Å². The number of aryl methyl sites for hydroxylation is 1. The van der Waals surface area contributed by atoms with E-state index in [1.807, 2.05) is 0 Å². The van der Waals surface area contributed by atoms with Gasteiger partial charge in [-0.1, -0.05) is 20.8 Å². The van der Waals surface area contributed by atoms with Crippen molar-refractivity contribution in [3.8, 4) is 0 Å². The van der Waals surface area contributed by atoms with Crippen LogP contribution in [-0.4, -0.2) is 39.3 Å². The monoisotopic (exact) mass is 279 g/mol. The van der Waals surface area contributed by atoms with E-state index in [-0.39, 0.29) is 11.4 Å². The molecule has 20 heavy (non-hydrogen) atoms. The van der Waals surface area contributed by atoms with Crippen molar-refractivity contribution in [1.82, 2.24) is 25.0 Å². The standard InChI is InChI=1S/C14H25N5O/c1-5-14(2,3)10-15-13(20)18(4)9-12-17-16-11-7-6-8-19(11)12/h5-10H2,1-4H3,(H,15,20). The minimum atomic E-state index is -0.0538. The second-order valence-electron chi connectivity index (χ2n) is 6.32. The number of nitrogens with zero attached hydrogens (tertiary/aromatic N) is 4. The lowest BCUT2D eigenvalue weighted by molar-refractivity contribution is 0.198. The number of fused-ring (bicyclic) bond motifs is 1. The third-order valence-corrected chi connectivity index (χ3v) is 4.09. The van der Waals surface area contributed by atoms with E-state index in [0.29, 0.717) is 13.1 Å². The molecule has 0 atom stereocenters. The van der Waals surface area contributed by atoms with Crippen molar-refractivity contribution in [3.63, 3.8) is 0 Å². The summed E-state index contributed by atoms with van der Waals surface area (Å²) in [6.07, 6.45) is 3.15. The van der Waals surface area contributed by atoms with Gasteiger partial charge in [0.15, 0.2) is 5.82 Å². The molecule has 1 N–H and O–H groups in total. The van der Waals surface area contributed by atoms with Gasteiger partial charge in [-0.3, -0.25) is 0 Å². The zero-order valence-electron chi connectivity index (χ0n) is 12.9. The predicted molar refractivity (Wildman–Crippen MR) is 77.3 cm³/mol. The molecule has 1 aromatic heterocycles. The zero-order valence-corrected chi connectivity index (χ0v) is 12.9. The molecule has 0 fully saturated rings. The van der Waals surface area contributed by atoms with Crippen LogP contribution in [-0.2, 0) is 19.5 Å². The summed E-state index contributed by atoms with van der Waals surface area (Å²) in [5.74, 6) is 1.92. The number of carbonyl (C=O) groups excluding carboxylic acids is 1. The van der Waals surface area contributed by atoms with E-state index in [9.17, 15) is 4.79 Å². The van der Waals surface area contributed by atoms with E-state index in [1.165, 1.54) is 0 Å². The summed E-state index contributed by atoms with van der Waals surface area (Å²) in [5.41, 5.74) is 0.132. The summed E-state index contributed by atoms with van der Waals surface area (Å²) in [6.45, 7) is 8.60. The first-order chi connectivity index (χ1) is 9.43. The van der Waals surface area contributed by atoms with Crippen LogP contribution < -0.4 is 5.32 Å². The largest absolute Gasteiger partial charge is 0.337 e. The number of rotatable bonds is 5. The fraction of sp³-hybridized carbons (Fsp3) is 0.786. The first kappa shape index (κ1) is 14.8. The van der Waals surface area contributed by atoms with Crippen LogP contribution in [0.5, 0.6) is 0 Å². The third-order valence-electron chi connectivity index (χ3n) is 4.09. The second-order valence-corrected chi connectivity index (χ2v) is 6.32. The number of hydrogen-bond acceptors (Lipinski definition) is 3. The zero-order chi connectivity index (χ0) is 14.8. The highest BCUT2D eigenvalue weighted by Crippen LogP contribution is 2.18. The fourth-order valence-corrected chi connectivity index (χ4v) is 2.19. The van der Waals surface area contributed by atoms with Gasteiger partial charge in [0.1, 0.15) is 5.82 Å². The number of amides is 2. The topological polar surface area (TPSA) is 63.1 Å². The van der Waals surface area contributed by atoms with Crippen LogP contribution in [0.15, 0.2) is 0 Å². The van der Waals surface area contributed by atoms with Gasteiger partial charge in [0, 0.05) is 26.6 Å². The van der Waals surface area contributed by atoms with Gasteiger partial charge >= 0.3 is 6.03 Å². The Morgan fingerprint density at radius 1 is 1.45 bits per heavy atom. The molecule has 0 saturated carbocycles. The number of hydrogen-bond donors (Lipinski definition) is 1. The Morgan fingerprint density at radius 3 is 2.90 bits per heavy atom. The van der Waals surface area contributed by atoms with Crippen molar-refractivity contribution >= 4 is 6.03 Å². The molecular formula is C14H25N5O.